The zero-order valence-electron chi connectivity index (χ0n) is 9.82. The van der Waals surface area contributed by atoms with Crippen LogP contribution in [0.3, 0.4) is 0 Å². The zero-order valence-corrected chi connectivity index (χ0v) is 9.82. The summed E-state index contributed by atoms with van der Waals surface area (Å²) in [5.74, 6) is 1.13. The maximum absolute atomic E-state index is 8.66. The summed E-state index contributed by atoms with van der Waals surface area (Å²) in [5.41, 5.74) is 5.66. The standard InChI is InChI=1S/C11H23N3O/c1-9(2)5-3-7-14-8-4-6-10(14)11(12)13-15/h9-10,15H,3-8H2,1-2H3,(H2,12,13). The number of hydrogen-bond donors (Lipinski definition) is 2. The molecule has 1 saturated heterocycles. The molecule has 0 saturated carbocycles. The summed E-state index contributed by atoms with van der Waals surface area (Å²) in [6.07, 6.45) is 4.63. The van der Waals surface area contributed by atoms with Crippen molar-refractivity contribution in [1.82, 2.24) is 4.90 Å². The zero-order chi connectivity index (χ0) is 11.3. The van der Waals surface area contributed by atoms with Crippen molar-refractivity contribution in [3.05, 3.63) is 0 Å². The first-order valence-electron chi connectivity index (χ1n) is 5.86. The van der Waals surface area contributed by atoms with E-state index in [1.54, 1.807) is 0 Å². The Balaban J connectivity index is 2.33. The number of nitrogens with zero attached hydrogens (tertiary/aromatic N) is 2. The van der Waals surface area contributed by atoms with E-state index in [2.05, 4.69) is 23.9 Å². The van der Waals surface area contributed by atoms with Crippen LogP contribution in [0.1, 0.15) is 39.5 Å². The van der Waals surface area contributed by atoms with Gasteiger partial charge < -0.3 is 10.9 Å². The molecule has 0 aromatic rings. The van der Waals surface area contributed by atoms with Crippen molar-refractivity contribution < 1.29 is 5.21 Å². The van der Waals surface area contributed by atoms with Gasteiger partial charge in [0.25, 0.3) is 0 Å². The van der Waals surface area contributed by atoms with Gasteiger partial charge in [0, 0.05) is 0 Å². The molecule has 0 radical (unpaired) electrons. The Kier molecular flexibility index (Phi) is 4.88. The first kappa shape index (κ1) is 12.3. The molecule has 1 fully saturated rings. The molecule has 4 heteroatoms. The second kappa shape index (κ2) is 5.95. The predicted octanol–water partition coefficient (Wildman–Crippen LogP) is 1.63. The predicted molar refractivity (Wildman–Crippen MR) is 62.1 cm³/mol. The summed E-state index contributed by atoms with van der Waals surface area (Å²) < 4.78 is 0. The van der Waals surface area contributed by atoms with Crippen molar-refractivity contribution in [2.75, 3.05) is 13.1 Å². The van der Waals surface area contributed by atoms with Crippen molar-refractivity contribution in [3.8, 4) is 0 Å². The molecule has 1 rings (SSSR count). The van der Waals surface area contributed by atoms with Crippen LogP contribution in [0.4, 0.5) is 0 Å². The molecule has 1 aliphatic heterocycles. The highest BCUT2D eigenvalue weighted by Gasteiger charge is 2.27. The van der Waals surface area contributed by atoms with Crippen molar-refractivity contribution in [2.24, 2.45) is 16.8 Å². The molecule has 4 nitrogen and oxygen atoms in total. The van der Waals surface area contributed by atoms with Crippen molar-refractivity contribution >= 4 is 5.84 Å². The molecule has 0 aromatic carbocycles. The summed E-state index contributed by atoms with van der Waals surface area (Å²) in [5, 5.41) is 11.8. The summed E-state index contributed by atoms with van der Waals surface area (Å²) in [7, 11) is 0. The van der Waals surface area contributed by atoms with Gasteiger partial charge in [-0.05, 0) is 44.7 Å². The summed E-state index contributed by atoms with van der Waals surface area (Å²) in [6, 6.07) is 0.169. The minimum Gasteiger partial charge on any atom is -0.409 e. The largest absolute Gasteiger partial charge is 0.409 e. The van der Waals surface area contributed by atoms with E-state index in [-0.39, 0.29) is 6.04 Å². The van der Waals surface area contributed by atoms with Gasteiger partial charge in [-0.25, -0.2) is 0 Å². The Morgan fingerprint density at radius 1 is 1.60 bits per heavy atom. The molecule has 1 atom stereocenters. The Hall–Kier alpha value is -0.770. The average Bonchev–Trinajstić information content (AvgIpc) is 2.64. The van der Waals surface area contributed by atoms with E-state index in [4.69, 9.17) is 10.9 Å². The van der Waals surface area contributed by atoms with Crippen LogP contribution < -0.4 is 5.73 Å². The topological polar surface area (TPSA) is 61.8 Å². The quantitative estimate of drug-likeness (QED) is 0.316. The average molecular weight is 213 g/mol. The molecule has 88 valence electrons. The minimum atomic E-state index is 0.169. The summed E-state index contributed by atoms with van der Waals surface area (Å²) in [4.78, 5) is 2.33. The van der Waals surface area contributed by atoms with Gasteiger partial charge in [0.05, 0.1) is 6.04 Å². The van der Waals surface area contributed by atoms with Crippen LogP contribution in [-0.4, -0.2) is 35.1 Å². The van der Waals surface area contributed by atoms with Gasteiger partial charge >= 0.3 is 0 Å². The van der Waals surface area contributed by atoms with E-state index in [9.17, 15) is 0 Å². The fraction of sp³-hybridized carbons (Fsp3) is 0.909. The van der Waals surface area contributed by atoms with E-state index in [1.165, 1.54) is 12.8 Å². The monoisotopic (exact) mass is 213 g/mol. The molecule has 0 bridgehead atoms. The summed E-state index contributed by atoms with van der Waals surface area (Å²) >= 11 is 0. The molecule has 3 N–H and O–H groups in total. The second-order valence-corrected chi connectivity index (χ2v) is 4.75. The van der Waals surface area contributed by atoms with Crippen molar-refractivity contribution in [3.63, 3.8) is 0 Å². The van der Waals surface area contributed by atoms with Crippen LogP contribution in [0.15, 0.2) is 5.16 Å². The number of likely N-dealkylation sites (tertiary alicyclic amines) is 1. The van der Waals surface area contributed by atoms with Crippen molar-refractivity contribution in [2.45, 2.75) is 45.6 Å². The first-order valence-corrected chi connectivity index (χ1v) is 5.86. The highest BCUT2D eigenvalue weighted by atomic mass is 16.4. The molecular formula is C11H23N3O. The molecule has 0 spiro atoms. The lowest BCUT2D eigenvalue weighted by molar-refractivity contribution is 0.272. The highest BCUT2D eigenvalue weighted by Crippen LogP contribution is 2.18. The fourth-order valence-corrected chi connectivity index (χ4v) is 2.20. The lowest BCUT2D eigenvalue weighted by atomic mass is 10.1. The van der Waals surface area contributed by atoms with Crippen LogP contribution in [0, 0.1) is 5.92 Å². The lowest BCUT2D eigenvalue weighted by Crippen LogP contribution is -2.40. The molecule has 0 aliphatic carbocycles. The van der Waals surface area contributed by atoms with Gasteiger partial charge in [-0.2, -0.15) is 0 Å². The molecule has 0 aromatic heterocycles. The molecule has 0 amide bonds. The Bertz CT molecular complexity index is 216. The van der Waals surface area contributed by atoms with Crippen LogP contribution in [0.25, 0.3) is 0 Å². The van der Waals surface area contributed by atoms with Gasteiger partial charge in [0.15, 0.2) is 5.84 Å². The van der Waals surface area contributed by atoms with E-state index in [0.29, 0.717) is 5.84 Å². The van der Waals surface area contributed by atoms with Crippen LogP contribution in [-0.2, 0) is 0 Å². The maximum atomic E-state index is 8.66. The van der Waals surface area contributed by atoms with Crippen LogP contribution in [0.5, 0.6) is 0 Å². The number of rotatable bonds is 5. The Labute approximate surface area is 92.1 Å². The molecule has 15 heavy (non-hydrogen) atoms. The number of oxime groups is 1. The smallest absolute Gasteiger partial charge is 0.156 e. The molecule has 1 heterocycles. The van der Waals surface area contributed by atoms with Crippen molar-refractivity contribution in [1.29, 1.82) is 0 Å². The molecule has 1 aliphatic rings. The fourth-order valence-electron chi connectivity index (χ4n) is 2.20. The Morgan fingerprint density at radius 2 is 2.33 bits per heavy atom. The highest BCUT2D eigenvalue weighted by molar-refractivity contribution is 5.85. The van der Waals surface area contributed by atoms with Gasteiger partial charge in [0.1, 0.15) is 0 Å². The van der Waals surface area contributed by atoms with Gasteiger partial charge in [-0.15, -0.1) is 0 Å². The summed E-state index contributed by atoms with van der Waals surface area (Å²) in [6.45, 7) is 6.63. The van der Waals surface area contributed by atoms with Gasteiger partial charge in [-0.3, -0.25) is 4.90 Å². The van der Waals surface area contributed by atoms with E-state index in [0.717, 1.165) is 31.8 Å². The normalized spacial score (nSPS) is 23.9. The second-order valence-electron chi connectivity index (χ2n) is 4.75. The number of amidine groups is 1. The third-order valence-electron chi connectivity index (χ3n) is 3.05. The first-order chi connectivity index (χ1) is 7.15. The van der Waals surface area contributed by atoms with Crippen LogP contribution in [0.2, 0.25) is 0 Å². The molecule has 1 unspecified atom stereocenters. The lowest BCUT2D eigenvalue weighted by Gasteiger charge is -2.23. The van der Waals surface area contributed by atoms with E-state index >= 15 is 0 Å². The Morgan fingerprint density at radius 3 is 2.93 bits per heavy atom. The van der Waals surface area contributed by atoms with E-state index < -0.39 is 0 Å². The minimum absolute atomic E-state index is 0.169. The van der Waals surface area contributed by atoms with Gasteiger partial charge in [-0.1, -0.05) is 19.0 Å². The van der Waals surface area contributed by atoms with Gasteiger partial charge in [0.2, 0.25) is 0 Å². The van der Waals surface area contributed by atoms with E-state index in [1.807, 2.05) is 0 Å². The van der Waals surface area contributed by atoms with Crippen LogP contribution >= 0.6 is 0 Å². The number of hydrogen-bond acceptors (Lipinski definition) is 3. The third-order valence-corrected chi connectivity index (χ3v) is 3.05. The molecular weight excluding hydrogens is 190 g/mol. The number of nitrogens with two attached hydrogens (primary N) is 1. The SMILES string of the molecule is CC(C)CCCN1CCCC1C(N)=NO. The third kappa shape index (κ3) is 3.70. The maximum Gasteiger partial charge on any atom is 0.156 e.